The highest BCUT2D eigenvalue weighted by Crippen LogP contribution is 2.14. The summed E-state index contributed by atoms with van der Waals surface area (Å²) in [6.07, 6.45) is 4.84. The molecule has 0 aromatic carbocycles. The summed E-state index contributed by atoms with van der Waals surface area (Å²) in [5, 5.41) is 0. The van der Waals surface area contributed by atoms with Crippen molar-refractivity contribution in [2.75, 3.05) is 11.9 Å². The fraction of sp³-hybridized carbons (Fsp3) is 0.167. The fourth-order valence-corrected chi connectivity index (χ4v) is 1.84. The fourth-order valence-electron chi connectivity index (χ4n) is 1.84. The Bertz CT molecular complexity index is 748. The number of fused-ring (bicyclic) bond motifs is 1. The van der Waals surface area contributed by atoms with E-state index in [1.54, 1.807) is 18.5 Å². The van der Waals surface area contributed by atoms with E-state index in [-0.39, 0.29) is 5.56 Å². The molecular formula is C12H12N6O. The average Bonchev–Trinajstić information content (AvgIpc) is 2.92. The lowest BCUT2D eigenvalue weighted by atomic mass is 10.3. The van der Waals surface area contributed by atoms with Crippen LogP contribution in [-0.4, -0.2) is 32.0 Å². The molecule has 0 aliphatic rings. The van der Waals surface area contributed by atoms with E-state index >= 15 is 0 Å². The molecule has 3 rings (SSSR count). The van der Waals surface area contributed by atoms with Crippen molar-refractivity contribution in [3.8, 4) is 0 Å². The molecule has 3 heterocycles. The number of H-pyrrole nitrogens is 2. The minimum absolute atomic E-state index is 0.238. The SMILES string of the molecule is CN(Cc1ncc[nH]1)c1ccc2nc[nH]c(=O)c2n1. The third kappa shape index (κ3) is 2.17. The molecular weight excluding hydrogens is 244 g/mol. The van der Waals surface area contributed by atoms with Crippen molar-refractivity contribution in [1.82, 2.24) is 24.9 Å². The first-order valence-electron chi connectivity index (χ1n) is 5.78. The number of imidazole rings is 1. The van der Waals surface area contributed by atoms with Crippen LogP contribution < -0.4 is 10.5 Å². The zero-order chi connectivity index (χ0) is 13.2. The molecule has 7 heteroatoms. The van der Waals surface area contributed by atoms with Crippen LogP contribution in [-0.2, 0) is 6.54 Å². The largest absolute Gasteiger partial charge is 0.352 e. The molecule has 3 aromatic heterocycles. The quantitative estimate of drug-likeness (QED) is 0.719. The van der Waals surface area contributed by atoms with Gasteiger partial charge in [0.05, 0.1) is 18.4 Å². The van der Waals surface area contributed by atoms with Gasteiger partial charge in [-0.25, -0.2) is 15.0 Å². The second kappa shape index (κ2) is 4.52. The number of pyridine rings is 1. The van der Waals surface area contributed by atoms with Crippen LogP contribution in [0.1, 0.15) is 5.82 Å². The number of aromatic nitrogens is 5. The van der Waals surface area contributed by atoms with E-state index in [4.69, 9.17) is 0 Å². The van der Waals surface area contributed by atoms with E-state index in [0.29, 0.717) is 23.4 Å². The number of hydrogen-bond donors (Lipinski definition) is 2. The van der Waals surface area contributed by atoms with Gasteiger partial charge in [0.1, 0.15) is 11.6 Å². The van der Waals surface area contributed by atoms with Crippen molar-refractivity contribution in [1.29, 1.82) is 0 Å². The molecule has 0 saturated carbocycles. The molecule has 3 aromatic rings. The summed E-state index contributed by atoms with van der Waals surface area (Å²) in [6.45, 7) is 0.587. The maximum absolute atomic E-state index is 11.7. The molecule has 0 radical (unpaired) electrons. The number of nitrogens with one attached hydrogen (secondary N) is 2. The molecule has 0 saturated heterocycles. The third-order valence-electron chi connectivity index (χ3n) is 2.81. The maximum atomic E-state index is 11.7. The van der Waals surface area contributed by atoms with E-state index in [1.807, 2.05) is 18.0 Å². The van der Waals surface area contributed by atoms with Gasteiger partial charge in [-0.2, -0.15) is 0 Å². The number of rotatable bonds is 3. The Hall–Kier alpha value is -2.70. The Morgan fingerprint density at radius 2 is 2.16 bits per heavy atom. The summed E-state index contributed by atoms with van der Waals surface area (Å²) in [5.41, 5.74) is 0.684. The van der Waals surface area contributed by atoms with Gasteiger partial charge in [0, 0.05) is 19.4 Å². The molecule has 0 aliphatic carbocycles. The maximum Gasteiger partial charge on any atom is 0.277 e. The minimum Gasteiger partial charge on any atom is -0.352 e. The molecule has 0 atom stereocenters. The molecule has 7 nitrogen and oxygen atoms in total. The van der Waals surface area contributed by atoms with E-state index in [1.165, 1.54) is 6.33 Å². The highest BCUT2D eigenvalue weighted by molar-refractivity contribution is 5.74. The van der Waals surface area contributed by atoms with Crippen LogP contribution in [0, 0.1) is 0 Å². The van der Waals surface area contributed by atoms with Gasteiger partial charge in [-0.15, -0.1) is 0 Å². The highest BCUT2D eigenvalue weighted by Gasteiger charge is 2.08. The first-order chi connectivity index (χ1) is 9.24. The van der Waals surface area contributed by atoms with Gasteiger partial charge in [-0.05, 0) is 12.1 Å². The van der Waals surface area contributed by atoms with Crippen molar-refractivity contribution >= 4 is 16.9 Å². The zero-order valence-electron chi connectivity index (χ0n) is 10.3. The van der Waals surface area contributed by atoms with Gasteiger partial charge in [-0.1, -0.05) is 0 Å². The smallest absolute Gasteiger partial charge is 0.277 e. The van der Waals surface area contributed by atoms with E-state index in [0.717, 1.165) is 5.82 Å². The molecule has 0 amide bonds. The number of aromatic amines is 2. The predicted octanol–water partition coefficient (Wildman–Crippen LogP) is 0.678. The molecule has 0 aliphatic heterocycles. The van der Waals surface area contributed by atoms with Crippen molar-refractivity contribution in [3.63, 3.8) is 0 Å². The third-order valence-corrected chi connectivity index (χ3v) is 2.81. The van der Waals surface area contributed by atoms with Gasteiger partial charge < -0.3 is 14.9 Å². The standard InChI is InChI=1S/C12H12N6O/c1-18(6-9-13-4-5-14-9)10-3-2-8-11(17-10)12(19)16-7-15-8/h2-5,7H,6H2,1H3,(H,13,14)(H,15,16,19). The molecule has 0 fully saturated rings. The Morgan fingerprint density at radius 1 is 1.26 bits per heavy atom. The normalized spacial score (nSPS) is 10.8. The lowest BCUT2D eigenvalue weighted by molar-refractivity contribution is 0.845. The van der Waals surface area contributed by atoms with Gasteiger partial charge in [0.25, 0.3) is 5.56 Å². The van der Waals surface area contributed by atoms with E-state index in [2.05, 4.69) is 24.9 Å². The molecule has 0 spiro atoms. The number of nitrogens with zero attached hydrogens (tertiary/aromatic N) is 4. The molecule has 96 valence electrons. The Morgan fingerprint density at radius 3 is 2.95 bits per heavy atom. The van der Waals surface area contributed by atoms with E-state index in [9.17, 15) is 4.79 Å². The summed E-state index contributed by atoms with van der Waals surface area (Å²) < 4.78 is 0. The molecule has 0 unspecified atom stereocenters. The van der Waals surface area contributed by atoms with Crippen LogP contribution in [0.5, 0.6) is 0 Å². The number of hydrogen-bond acceptors (Lipinski definition) is 5. The van der Waals surface area contributed by atoms with E-state index < -0.39 is 0 Å². The lowest BCUT2D eigenvalue weighted by Gasteiger charge is -2.16. The summed E-state index contributed by atoms with van der Waals surface area (Å²) in [5.74, 6) is 1.53. The lowest BCUT2D eigenvalue weighted by Crippen LogP contribution is -2.19. The first-order valence-corrected chi connectivity index (χ1v) is 5.78. The second-order valence-corrected chi connectivity index (χ2v) is 4.16. The zero-order valence-corrected chi connectivity index (χ0v) is 10.3. The van der Waals surface area contributed by atoms with Crippen LogP contribution in [0.3, 0.4) is 0 Å². The summed E-state index contributed by atoms with van der Waals surface area (Å²) in [6, 6.07) is 3.61. The topological polar surface area (TPSA) is 90.6 Å². The predicted molar refractivity (Wildman–Crippen MR) is 70.9 cm³/mol. The van der Waals surface area contributed by atoms with Crippen molar-refractivity contribution in [3.05, 3.63) is 47.0 Å². The van der Waals surface area contributed by atoms with Crippen molar-refractivity contribution in [2.24, 2.45) is 0 Å². The highest BCUT2D eigenvalue weighted by atomic mass is 16.1. The monoisotopic (exact) mass is 256 g/mol. The van der Waals surface area contributed by atoms with Crippen molar-refractivity contribution < 1.29 is 0 Å². The van der Waals surface area contributed by atoms with Gasteiger partial charge in [0.15, 0.2) is 5.52 Å². The van der Waals surface area contributed by atoms with Gasteiger partial charge in [0.2, 0.25) is 0 Å². The molecule has 0 bridgehead atoms. The van der Waals surface area contributed by atoms with Gasteiger partial charge in [-0.3, -0.25) is 4.79 Å². The Balaban J connectivity index is 1.96. The van der Waals surface area contributed by atoms with Crippen molar-refractivity contribution in [2.45, 2.75) is 6.54 Å². The molecule has 19 heavy (non-hydrogen) atoms. The average molecular weight is 256 g/mol. The Labute approximate surface area is 108 Å². The Kier molecular flexibility index (Phi) is 2.71. The van der Waals surface area contributed by atoms with Gasteiger partial charge >= 0.3 is 0 Å². The minimum atomic E-state index is -0.238. The van der Waals surface area contributed by atoms with Crippen LogP contribution in [0.4, 0.5) is 5.82 Å². The van der Waals surface area contributed by atoms with Crippen LogP contribution in [0.2, 0.25) is 0 Å². The first kappa shape index (κ1) is 11.4. The van der Waals surface area contributed by atoms with Crippen LogP contribution in [0.15, 0.2) is 35.6 Å². The summed E-state index contributed by atoms with van der Waals surface area (Å²) in [4.78, 5) is 31.7. The second-order valence-electron chi connectivity index (χ2n) is 4.16. The molecule has 2 N–H and O–H groups in total. The van der Waals surface area contributed by atoms with Crippen LogP contribution in [0.25, 0.3) is 11.0 Å². The van der Waals surface area contributed by atoms with Crippen LogP contribution >= 0.6 is 0 Å². The number of anilines is 1. The summed E-state index contributed by atoms with van der Waals surface area (Å²) >= 11 is 0. The summed E-state index contributed by atoms with van der Waals surface area (Å²) in [7, 11) is 1.89.